The molecule has 0 saturated heterocycles. The van der Waals surface area contributed by atoms with E-state index in [0.717, 1.165) is 42.5 Å². The number of halogens is 6. The van der Waals surface area contributed by atoms with E-state index in [1.54, 1.807) is 0 Å². The molecular formula is C28H19F6NO6S. The Hall–Kier alpha value is -4.59. The second-order valence-corrected chi connectivity index (χ2v) is 9.51. The van der Waals surface area contributed by atoms with Crippen molar-refractivity contribution in [1.82, 2.24) is 5.32 Å². The molecule has 1 amide bonds. The van der Waals surface area contributed by atoms with Crippen LogP contribution in [-0.2, 0) is 4.79 Å². The standard InChI is InChI=1S/C28H19F6NO6S/c29-27(30,31)41-20-10-8-16(9-11-20)22(15-23(36)19-2-1-3-21(14-19)42-28(32,33)34)25(39)17-4-6-18(7-5-17)26(40)35-13-12-24(37)38/h1-11,14-15H,12-13H2,(H,35,40)(H,37,38). The van der Waals surface area contributed by atoms with Gasteiger partial charge in [0, 0.05) is 33.7 Å². The van der Waals surface area contributed by atoms with Crippen molar-refractivity contribution in [2.45, 2.75) is 23.2 Å². The Morgan fingerprint density at radius 3 is 1.98 bits per heavy atom. The van der Waals surface area contributed by atoms with E-state index in [1.165, 1.54) is 36.4 Å². The highest BCUT2D eigenvalue weighted by Gasteiger charge is 2.31. The minimum Gasteiger partial charge on any atom is -0.481 e. The lowest BCUT2D eigenvalue weighted by atomic mass is 9.94. The molecule has 0 aliphatic carbocycles. The fourth-order valence-corrected chi connectivity index (χ4v) is 4.09. The molecule has 0 radical (unpaired) electrons. The van der Waals surface area contributed by atoms with Crippen molar-refractivity contribution in [3.63, 3.8) is 0 Å². The number of nitrogens with one attached hydrogen (secondary N) is 1. The van der Waals surface area contributed by atoms with Crippen molar-refractivity contribution in [2.75, 3.05) is 6.54 Å². The van der Waals surface area contributed by atoms with Crippen LogP contribution in [0, 0.1) is 0 Å². The van der Waals surface area contributed by atoms with Gasteiger partial charge in [0.05, 0.1) is 6.42 Å². The number of hydrogen-bond donors (Lipinski definition) is 2. The van der Waals surface area contributed by atoms with Crippen LogP contribution in [0.1, 0.15) is 43.1 Å². The minimum absolute atomic E-state index is 0.000754. The normalized spacial score (nSPS) is 12.0. The Balaban J connectivity index is 1.95. The number of amides is 1. The van der Waals surface area contributed by atoms with Crippen LogP contribution in [0.4, 0.5) is 26.3 Å². The molecule has 0 aliphatic rings. The summed E-state index contributed by atoms with van der Waals surface area (Å²) in [6.45, 7) is -0.138. The number of thioether (sulfide) groups is 1. The van der Waals surface area contributed by atoms with Crippen LogP contribution in [0.15, 0.2) is 83.8 Å². The maximum atomic E-state index is 13.5. The van der Waals surface area contributed by atoms with Crippen molar-refractivity contribution in [3.05, 3.63) is 101 Å². The van der Waals surface area contributed by atoms with Crippen LogP contribution in [0.2, 0.25) is 0 Å². The zero-order valence-electron chi connectivity index (χ0n) is 21.1. The van der Waals surface area contributed by atoms with E-state index < -0.39 is 52.8 Å². The summed E-state index contributed by atoms with van der Waals surface area (Å²) in [5.74, 6) is -3.97. The van der Waals surface area contributed by atoms with Crippen molar-refractivity contribution in [2.24, 2.45) is 0 Å². The van der Waals surface area contributed by atoms with E-state index in [1.807, 2.05) is 0 Å². The van der Waals surface area contributed by atoms with Crippen molar-refractivity contribution in [3.8, 4) is 5.75 Å². The van der Waals surface area contributed by atoms with Gasteiger partial charge in [-0.25, -0.2) is 0 Å². The van der Waals surface area contributed by atoms with Gasteiger partial charge in [0.2, 0.25) is 0 Å². The first-order chi connectivity index (χ1) is 19.6. The average Bonchev–Trinajstić information content (AvgIpc) is 2.90. The summed E-state index contributed by atoms with van der Waals surface area (Å²) in [6.07, 6.45) is -4.44. The number of carboxylic acids is 1. The third-order valence-electron chi connectivity index (χ3n) is 5.30. The number of rotatable bonds is 11. The van der Waals surface area contributed by atoms with Crippen molar-refractivity contribution >= 4 is 40.8 Å². The van der Waals surface area contributed by atoms with Gasteiger partial charge >= 0.3 is 17.8 Å². The second-order valence-electron chi connectivity index (χ2n) is 8.38. The van der Waals surface area contributed by atoms with Gasteiger partial charge in [-0.15, -0.1) is 13.2 Å². The van der Waals surface area contributed by atoms with Crippen LogP contribution in [0.3, 0.4) is 0 Å². The van der Waals surface area contributed by atoms with E-state index in [4.69, 9.17) is 5.11 Å². The number of carbonyl (C=O) groups is 4. The molecule has 220 valence electrons. The van der Waals surface area contributed by atoms with Crippen LogP contribution >= 0.6 is 11.8 Å². The summed E-state index contributed by atoms with van der Waals surface area (Å²) in [6, 6.07) is 13.6. The molecule has 0 heterocycles. The Kier molecular flexibility index (Phi) is 10.2. The molecule has 14 heteroatoms. The molecule has 42 heavy (non-hydrogen) atoms. The molecule has 0 fully saturated rings. The zero-order valence-corrected chi connectivity index (χ0v) is 21.9. The molecule has 0 unspecified atom stereocenters. The zero-order chi connectivity index (χ0) is 31.1. The quantitative estimate of drug-likeness (QED) is 0.110. The van der Waals surface area contributed by atoms with Crippen LogP contribution in [0.25, 0.3) is 5.57 Å². The number of benzene rings is 3. The fraction of sp³-hybridized carbons (Fsp3) is 0.143. The SMILES string of the molecule is O=C(O)CCNC(=O)c1ccc(C(=O)C(=CC(=O)c2cccc(SC(F)(F)F)c2)c2ccc(OC(F)(F)F)cc2)cc1. The largest absolute Gasteiger partial charge is 0.573 e. The first-order valence-corrected chi connectivity index (χ1v) is 12.6. The molecule has 2 N–H and O–H groups in total. The lowest BCUT2D eigenvalue weighted by molar-refractivity contribution is -0.274. The highest BCUT2D eigenvalue weighted by molar-refractivity contribution is 8.00. The summed E-state index contributed by atoms with van der Waals surface area (Å²) < 4.78 is 80.0. The number of hydrogen-bond acceptors (Lipinski definition) is 6. The van der Waals surface area contributed by atoms with Crippen LogP contribution < -0.4 is 10.1 Å². The van der Waals surface area contributed by atoms with Gasteiger partial charge in [-0.05, 0) is 59.8 Å². The van der Waals surface area contributed by atoms with Gasteiger partial charge in [-0.3, -0.25) is 19.2 Å². The number of aliphatic carboxylic acids is 1. The van der Waals surface area contributed by atoms with Crippen LogP contribution in [0.5, 0.6) is 5.75 Å². The Bertz CT molecular complexity index is 1500. The molecule has 0 aliphatic heterocycles. The summed E-state index contributed by atoms with van der Waals surface area (Å²) in [5.41, 5.74) is -5.04. The Morgan fingerprint density at radius 2 is 1.40 bits per heavy atom. The monoisotopic (exact) mass is 611 g/mol. The summed E-state index contributed by atoms with van der Waals surface area (Å²) in [7, 11) is 0. The van der Waals surface area contributed by atoms with E-state index in [2.05, 4.69) is 10.1 Å². The van der Waals surface area contributed by atoms with E-state index in [9.17, 15) is 45.5 Å². The third kappa shape index (κ3) is 9.80. The van der Waals surface area contributed by atoms with E-state index in [-0.39, 0.29) is 45.7 Å². The molecule has 0 spiro atoms. The number of carboxylic acid groups (broad SMARTS) is 1. The number of allylic oxidation sites excluding steroid dienone is 2. The first-order valence-electron chi connectivity index (χ1n) is 11.7. The number of ketones is 2. The first kappa shape index (κ1) is 31.9. The van der Waals surface area contributed by atoms with Gasteiger partial charge in [0.15, 0.2) is 11.6 Å². The lowest BCUT2D eigenvalue weighted by Gasteiger charge is -2.12. The molecule has 3 aromatic carbocycles. The summed E-state index contributed by atoms with van der Waals surface area (Å²) >= 11 is -0.441. The molecule has 7 nitrogen and oxygen atoms in total. The number of ether oxygens (including phenoxy) is 1. The molecule has 0 saturated carbocycles. The molecule has 0 bridgehead atoms. The smallest absolute Gasteiger partial charge is 0.481 e. The predicted octanol–water partition coefficient (Wildman–Crippen LogP) is 6.55. The highest BCUT2D eigenvalue weighted by atomic mass is 32.2. The van der Waals surface area contributed by atoms with Crippen molar-refractivity contribution < 1.29 is 55.4 Å². The second kappa shape index (κ2) is 13.4. The topological polar surface area (TPSA) is 110 Å². The third-order valence-corrected chi connectivity index (χ3v) is 6.03. The van der Waals surface area contributed by atoms with Gasteiger partial charge in [-0.1, -0.05) is 36.4 Å². The van der Waals surface area contributed by atoms with Gasteiger partial charge < -0.3 is 15.2 Å². The maximum absolute atomic E-state index is 13.5. The molecule has 3 aromatic rings. The average molecular weight is 612 g/mol. The lowest BCUT2D eigenvalue weighted by Crippen LogP contribution is -2.26. The van der Waals surface area contributed by atoms with E-state index in [0.29, 0.717) is 0 Å². The number of Topliss-reactive ketones (excluding diaryl/α,β-unsaturated/α-hetero) is 1. The van der Waals surface area contributed by atoms with Gasteiger partial charge in [0.25, 0.3) is 5.91 Å². The summed E-state index contributed by atoms with van der Waals surface area (Å²) in [5, 5.41) is 11.1. The van der Waals surface area contributed by atoms with Crippen molar-refractivity contribution in [1.29, 1.82) is 0 Å². The molecule has 0 atom stereocenters. The highest BCUT2D eigenvalue weighted by Crippen LogP contribution is 2.37. The van der Waals surface area contributed by atoms with Crippen LogP contribution in [-0.4, -0.2) is 47.0 Å². The van der Waals surface area contributed by atoms with Gasteiger partial charge in [0.1, 0.15) is 5.75 Å². The summed E-state index contributed by atoms with van der Waals surface area (Å²) in [4.78, 5) is 49.0. The fourth-order valence-electron chi connectivity index (χ4n) is 3.49. The number of carbonyl (C=O) groups excluding carboxylic acids is 3. The Morgan fingerprint density at radius 1 is 0.810 bits per heavy atom. The minimum atomic E-state index is -4.98. The molecule has 0 aromatic heterocycles. The number of alkyl halides is 6. The van der Waals surface area contributed by atoms with Gasteiger partial charge in [-0.2, -0.15) is 13.2 Å². The maximum Gasteiger partial charge on any atom is 0.573 e. The Labute approximate surface area is 238 Å². The van der Waals surface area contributed by atoms with E-state index >= 15 is 0 Å². The molecule has 3 rings (SSSR count). The predicted molar refractivity (Wildman–Crippen MR) is 139 cm³/mol. The molecular weight excluding hydrogens is 592 g/mol.